The molecule has 3 aliphatic rings. The highest BCUT2D eigenvalue weighted by Gasteiger charge is 2.40. The Hall–Kier alpha value is -3.37. The number of aromatic nitrogens is 1. The van der Waals surface area contributed by atoms with Crippen LogP contribution in [0.3, 0.4) is 0 Å². The summed E-state index contributed by atoms with van der Waals surface area (Å²) in [5.41, 5.74) is 4.59. The number of rotatable bonds is 1. The number of morpholine rings is 1. The first-order valence-electron chi connectivity index (χ1n) is 10.8. The van der Waals surface area contributed by atoms with Crippen molar-refractivity contribution in [2.45, 2.75) is 23.2 Å². The maximum Gasteiger partial charge on any atom is 0.392 e. The van der Waals surface area contributed by atoms with Crippen LogP contribution < -0.4 is 10.9 Å². The first kappa shape index (κ1) is 21.2. The zero-order valence-corrected chi connectivity index (χ0v) is 18.7. The lowest BCUT2D eigenvalue weighted by atomic mass is 9.92. The molecule has 1 fully saturated rings. The SMILES string of the molecule is O=c1cc(-c2cc(F)c(F)c3c2Cc2ccccc2SC3)n2c(c1O)C(O)=[N+]1CCOC[C@H]1N2. The molecule has 174 valence electrons. The van der Waals surface area contributed by atoms with Gasteiger partial charge in [0.05, 0.1) is 5.69 Å². The summed E-state index contributed by atoms with van der Waals surface area (Å²) >= 11 is 1.43. The molecule has 4 heterocycles. The molecule has 0 bridgehead atoms. The maximum absolute atomic E-state index is 15.0. The van der Waals surface area contributed by atoms with Gasteiger partial charge in [-0.05, 0) is 29.7 Å². The molecule has 0 saturated carbocycles. The van der Waals surface area contributed by atoms with Crippen LogP contribution in [0, 0.1) is 11.6 Å². The van der Waals surface area contributed by atoms with E-state index in [2.05, 4.69) is 5.43 Å². The fourth-order valence-corrected chi connectivity index (χ4v) is 5.92. The van der Waals surface area contributed by atoms with E-state index in [0.717, 1.165) is 16.5 Å². The van der Waals surface area contributed by atoms with E-state index in [4.69, 9.17) is 4.74 Å². The number of thioether (sulfide) groups is 1. The Balaban J connectivity index is 1.63. The molecule has 3 N–H and O–H groups in total. The van der Waals surface area contributed by atoms with Crippen molar-refractivity contribution in [3.63, 3.8) is 0 Å². The Bertz CT molecular complexity index is 1450. The topological polar surface area (TPSA) is 86.7 Å². The quantitative estimate of drug-likeness (QED) is 0.461. The van der Waals surface area contributed by atoms with E-state index in [1.165, 1.54) is 22.5 Å². The lowest BCUT2D eigenvalue weighted by Crippen LogP contribution is -2.54. The Morgan fingerprint density at radius 2 is 2.00 bits per heavy atom. The van der Waals surface area contributed by atoms with Gasteiger partial charge in [-0.15, -0.1) is 11.8 Å². The number of hydrogen-bond acceptors (Lipinski definition) is 5. The molecule has 0 spiro atoms. The molecule has 0 unspecified atom stereocenters. The zero-order valence-electron chi connectivity index (χ0n) is 17.8. The number of fused-ring (bicyclic) bond motifs is 4. The van der Waals surface area contributed by atoms with E-state index in [-0.39, 0.29) is 35.2 Å². The maximum atomic E-state index is 15.0. The molecular formula is C24H20F2N3O4S+. The number of nitrogens with zero attached hydrogens (tertiary/aromatic N) is 2. The van der Waals surface area contributed by atoms with Crippen molar-refractivity contribution < 1.29 is 28.3 Å². The average Bonchev–Trinajstić information content (AvgIpc) is 3.04. The highest BCUT2D eigenvalue weighted by atomic mass is 32.2. The van der Waals surface area contributed by atoms with Gasteiger partial charge in [0.2, 0.25) is 11.1 Å². The highest BCUT2D eigenvalue weighted by Crippen LogP contribution is 2.40. The van der Waals surface area contributed by atoms with Gasteiger partial charge in [0.25, 0.3) is 6.17 Å². The summed E-state index contributed by atoms with van der Waals surface area (Å²) in [4.78, 5) is 13.7. The van der Waals surface area contributed by atoms with Crippen molar-refractivity contribution in [1.29, 1.82) is 0 Å². The van der Waals surface area contributed by atoms with Crippen LogP contribution in [0.15, 0.2) is 46.1 Å². The van der Waals surface area contributed by atoms with Gasteiger partial charge in [-0.25, -0.2) is 13.5 Å². The van der Waals surface area contributed by atoms with Crippen LogP contribution in [0.4, 0.5) is 8.78 Å². The van der Waals surface area contributed by atoms with Crippen LogP contribution in [0.2, 0.25) is 0 Å². The predicted molar refractivity (Wildman–Crippen MR) is 122 cm³/mol. The summed E-state index contributed by atoms with van der Waals surface area (Å²) in [6.45, 7) is 0.979. The summed E-state index contributed by atoms with van der Waals surface area (Å²) in [7, 11) is 0. The molecular weight excluding hydrogens is 464 g/mol. The third-order valence-electron chi connectivity index (χ3n) is 6.50. The van der Waals surface area contributed by atoms with Gasteiger partial charge in [0, 0.05) is 27.8 Å². The first-order valence-corrected chi connectivity index (χ1v) is 11.8. The van der Waals surface area contributed by atoms with Gasteiger partial charge in [-0.2, -0.15) is 4.58 Å². The Morgan fingerprint density at radius 3 is 2.85 bits per heavy atom. The van der Waals surface area contributed by atoms with Gasteiger partial charge in [0.1, 0.15) is 13.2 Å². The van der Waals surface area contributed by atoms with Crippen LogP contribution in [-0.4, -0.2) is 51.3 Å². The minimum Gasteiger partial charge on any atom is -0.502 e. The van der Waals surface area contributed by atoms with Gasteiger partial charge in [-0.1, -0.05) is 18.2 Å². The number of pyridine rings is 1. The fourth-order valence-electron chi connectivity index (χ4n) is 4.82. The van der Waals surface area contributed by atoms with Crippen LogP contribution in [-0.2, 0) is 16.9 Å². The van der Waals surface area contributed by atoms with Crippen molar-refractivity contribution >= 4 is 17.7 Å². The number of nitrogens with one attached hydrogen (secondary N) is 1. The van der Waals surface area contributed by atoms with Crippen LogP contribution >= 0.6 is 11.8 Å². The molecule has 6 rings (SSSR count). The molecule has 1 saturated heterocycles. The molecule has 34 heavy (non-hydrogen) atoms. The molecule has 1 aromatic heterocycles. The van der Waals surface area contributed by atoms with Crippen LogP contribution in [0.25, 0.3) is 11.3 Å². The number of aliphatic hydroxyl groups is 1. The summed E-state index contributed by atoms with van der Waals surface area (Å²) in [6.07, 6.45) is -0.133. The number of benzene rings is 2. The van der Waals surface area contributed by atoms with Crippen LogP contribution in [0.5, 0.6) is 5.75 Å². The Labute approximate surface area is 196 Å². The van der Waals surface area contributed by atoms with Crippen molar-refractivity contribution in [2.24, 2.45) is 0 Å². The minimum atomic E-state index is -1.03. The summed E-state index contributed by atoms with van der Waals surface area (Å²) < 4.78 is 38.3. The third-order valence-corrected chi connectivity index (χ3v) is 7.65. The lowest BCUT2D eigenvalue weighted by Gasteiger charge is -2.31. The Morgan fingerprint density at radius 1 is 1.18 bits per heavy atom. The number of aromatic hydroxyl groups is 1. The van der Waals surface area contributed by atoms with Crippen molar-refractivity contribution in [3.05, 3.63) is 80.6 Å². The number of hydrogen-bond donors (Lipinski definition) is 3. The second-order valence-electron chi connectivity index (χ2n) is 8.41. The Kier molecular flexibility index (Phi) is 4.89. The molecule has 3 aliphatic heterocycles. The van der Waals surface area contributed by atoms with Gasteiger partial charge >= 0.3 is 5.90 Å². The van der Waals surface area contributed by atoms with Crippen molar-refractivity contribution in [3.8, 4) is 17.0 Å². The second kappa shape index (κ2) is 7.85. The van der Waals surface area contributed by atoms with E-state index < -0.39 is 29.0 Å². The van der Waals surface area contributed by atoms with E-state index in [0.29, 0.717) is 30.7 Å². The highest BCUT2D eigenvalue weighted by molar-refractivity contribution is 7.98. The zero-order chi connectivity index (χ0) is 23.6. The molecule has 10 heteroatoms. The monoisotopic (exact) mass is 484 g/mol. The van der Waals surface area contributed by atoms with Gasteiger partial charge < -0.3 is 14.9 Å². The smallest absolute Gasteiger partial charge is 0.392 e. The van der Waals surface area contributed by atoms with Gasteiger partial charge in [0.15, 0.2) is 23.9 Å². The molecule has 7 nitrogen and oxygen atoms in total. The molecule has 2 aromatic carbocycles. The molecule has 0 amide bonds. The predicted octanol–water partition coefficient (Wildman–Crippen LogP) is 2.93. The third kappa shape index (κ3) is 3.13. The standard InChI is InChI=1S/C24H19F2N3O4S/c25-16-8-14(13-7-12-3-1-2-4-19(12)34-11-15(13)21(16)26)17-9-18(30)23(31)22-24(32)28-5-6-33-10-20(28)27-29(17)22/h1-4,8-9,20,27H,5-7,10-11H2,(H,31,32)/p+1/t20-/m0/s1. The van der Waals surface area contributed by atoms with E-state index in [9.17, 15) is 23.8 Å². The molecule has 1 atom stereocenters. The normalized spacial score (nSPS) is 18.8. The minimum absolute atomic E-state index is 0.123. The van der Waals surface area contributed by atoms with E-state index in [1.807, 2.05) is 24.3 Å². The fraction of sp³-hybridized carbons (Fsp3) is 0.250. The second-order valence-corrected chi connectivity index (χ2v) is 9.43. The molecule has 0 aliphatic carbocycles. The van der Waals surface area contributed by atoms with Crippen molar-refractivity contribution in [2.75, 3.05) is 25.2 Å². The average molecular weight is 485 g/mol. The first-order chi connectivity index (χ1) is 16.4. The number of aliphatic hydroxyl groups excluding tert-OH is 1. The number of halogens is 2. The summed E-state index contributed by atoms with van der Waals surface area (Å²) in [5, 5.41) is 21.5. The molecule has 3 aromatic rings. The van der Waals surface area contributed by atoms with Crippen LogP contribution in [0.1, 0.15) is 22.4 Å². The molecule has 0 radical (unpaired) electrons. The lowest BCUT2D eigenvalue weighted by molar-refractivity contribution is -0.591. The summed E-state index contributed by atoms with van der Waals surface area (Å²) in [5.74, 6) is -2.62. The van der Waals surface area contributed by atoms with E-state index >= 15 is 0 Å². The van der Waals surface area contributed by atoms with Gasteiger partial charge in [-0.3, -0.25) is 10.2 Å². The van der Waals surface area contributed by atoms with E-state index in [1.54, 1.807) is 4.58 Å². The summed E-state index contributed by atoms with van der Waals surface area (Å²) in [6, 6.07) is 9.93. The number of ether oxygens (including phenoxy) is 1. The van der Waals surface area contributed by atoms with Crippen molar-refractivity contribution in [1.82, 2.24) is 4.68 Å². The largest absolute Gasteiger partial charge is 0.502 e.